The fourth-order valence-corrected chi connectivity index (χ4v) is 1.49. The third-order valence-electron chi connectivity index (χ3n) is 2.56. The van der Waals surface area contributed by atoms with E-state index in [9.17, 15) is 14.9 Å². The molecule has 0 aromatic heterocycles. The lowest BCUT2D eigenvalue weighted by molar-refractivity contribution is -0.385. The SMILES string of the molecule is CC(C)(CO)CNC(=O)c1cc(Cl)ccc1[N+](=O)[O-]. The van der Waals surface area contributed by atoms with Crippen molar-refractivity contribution in [2.75, 3.05) is 13.2 Å². The van der Waals surface area contributed by atoms with Crippen LogP contribution in [-0.2, 0) is 0 Å². The van der Waals surface area contributed by atoms with E-state index in [0.717, 1.165) is 0 Å². The van der Waals surface area contributed by atoms with Gasteiger partial charge in [-0.1, -0.05) is 25.4 Å². The topological polar surface area (TPSA) is 92.5 Å². The van der Waals surface area contributed by atoms with Crippen LogP contribution in [0.4, 0.5) is 5.69 Å². The number of carbonyl (C=O) groups is 1. The van der Waals surface area contributed by atoms with Gasteiger partial charge in [-0.05, 0) is 12.1 Å². The smallest absolute Gasteiger partial charge is 0.282 e. The van der Waals surface area contributed by atoms with Crippen molar-refractivity contribution in [1.29, 1.82) is 0 Å². The van der Waals surface area contributed by atoms with Crippen molar-refractivity contribution in [2.45, 2.75) is 13.8 Å². The first-order valence-electron chi connectivity index (χ1n) is 5.60. The number of aliphatic hydroxyl groups excluding tert-OH is 1. The zero-order chi connectivity index (χ0) is 14.6. The third kappa shape index (κ3) is 4.18. The zero-order valence-corrected chi connectivity index (χ0v) is 11.4. The van der Waals surface area contributed by atoms with E-state index in [1.165, 1.54) is 18.2 Å². The van der Waals surface area contributed by atoms with Gasteiger partial charge in [-0.3, -0.25) is 14.9 Å². The van der Waals surface area contributed by atoms with Gasteiger partial charge in [0.15, 0.2) is 0 Å². The van der Waals surface area contributed by atoms with Gasteiger partial charge in [-0.25, -0.2) is 0 Å². The Kier molecular flexibility index (Phi) is 4.85. The van der Waals surface area contributed by atoms with Crippen LogP contribution in [0.2, 0.25) is 5.02 Å². The van der Waals surface area contributed by atoms with E-state index >= 15 is 0 Å². The van der Waals surface area contributed by atoms with E-state index in [4.69, 9.17) is 16.7 Å². The molecular formula is C12H15ClN2O4. The molecule has 6 nitrogen and oxygen atoms in total. The number of aliphatic hydroxyl groups is 1. The van der Waals surface area contributed by atoms with E-state index in [2.05, 4.69) is 5.32 Å². The maximum absolute atomic E-state index is 11.9. The highest BCUT2D eigenvalue weighted by molar-refractivity contribution is 6.31. The van der Waals surface area contributed by atoms with Gasteiger partial charge < -0.3 is 10.4 Å². The molecule has 7 heteroatoms. The predicted molar refractivity (Wildman–Crippen MR) is 71.3 cm³/mol. The van der Waals surface area contributed by atoms with Crippen LogP contribution >= 0.6 is 11.6 Å². The molecule has 0 atom stereocenters. The standard InChI is InChI=1S/C12H15ClN2O4/c1-12(2,7-16)6-14-11(17)9-5-8(13)3-4-10(9)15(18)19/h3-5,16H,6-7H2,1-2H3,(H,14,17). The molecule has 0 spiro atoms. The average molecular weight is 287 g/mol. The molecule has 0 fully saturated rings. The molecule has 0 bridgehead atoms. The summed E-state index contributed by atoms with van der Waals surface area (Å²) in [6, 6.07) is 3.80. The van der Waals surface area contributed by atoms with Gasteiger partial charge in [-0.15, -0.1) is 0 Å². The lowest BCUT2D eigenvalue weighted by Crippen LogP contribution is -2.36. The van der Waals surface area contributed by atoms with Crippen molar-refractivity contribution in [1.82, 2.24) is 5.32 Å². The highest BCUT2D eigenvalue weighted by Crippen LogP contribution is 2.23. The van der Waals surface area contributed by atoms with Crippen molar-refractivity contribution in [3.63, 3.8) is 0 Å². The minimum absolute atomic E-state index is 0.0914. The summed E-state index contributed by atoms with van der Waals surface area (Å²) in [6.07, 6.45) is 0. The number of nitrogens with one attached hydrogen (secondary N) is 1. The molecule has 1 rings (SSSR count). The van der Waals surface area contributed by atoms with Gasteiger partial charge in [0, 0.05) is 29.7 Å². The molecule has 1 aromatic rings. The highest BCUT2D eigenvalue weighted by Gasteiger charge is 2.23. The van der Waals surface area contributed by atoms with Crippen LogP contribution in [0, 0.1) is 15.5 Å². The van der Waals surface area contributed by atoms with Gasteiger partial charge in [0.25, 0.3) is 11.6 Å². The highest BCUT2D eigenvalue weighted by atomic mass is 35.5. The van der Waals surface area contributed by atoms with Crippen molar-refractivity contribution >= 4 is 23.2 Å². The molecule has 0 saturated heterocycles. The van der Waals surface area contributed by atoms with E-state index in [1.54, 1.807) is 13.8 Å². The van der Waals surface area contributed by atoms with E-state index in [-0.39, 0.29) is 29.4 Å². The van der Waals surface area contributed by atoms with Gasteiger partial charge in [0.05, 0.1) is 4.92 Å². The van der Waals surface area contributed by atoms with Crippen molar-refractivity contribution in [2.24, 2.45) is 5.41 Å². The number of benzene rings is 1. The molecule has 2 N–H and O–H groups in total. The Labute approximate surface area is 115 Å². The van der Waals surface area contributed by atoms with Crippen LogP contribution in [0.3, 0.4) is 0 Å². The number of nitrogens with zero attached hydrogens (tertiary/aromatic N) is 1. The summed E-state index contributed by atoms with van der Waals surface area (Å²) in [5, 5.41) is 22.7. The van der Waals surface area contributed by atoms with Crippen molar-refractivity contribution < 1.29 is 14.8 Å². The molecule has 0 heterocycles. The predicted octanol–water partition coefficient (Wildman–Crippen LogP) is 2.00. The normalized spacial score (nSPS) is 11.2. The molecule has 19 heavy (non-hydrogen) atoms. The number of nitro benzene ring substituents is 1. The maximum Gasteiger partial charge on any atom is 0.282 e. The van der Waals surface area contributed by atoms with E-state index in [1.807, 2.05) is 0 Å². The molecule has 0 aliphatic rings. The van der Waals surface area contributed by atoms with Crippen LogP contribution in [0.5, 0.6) is 0 Å². The first kappa shape index (κ1) is 15.4. The number of amides is 1. The van der Waals surface area contributed by atoms with Crippen LogP contribution in [0.1, 0.15) is 24.2 Å². The third-order valence-corrected chi connectivity index (χ3v) is 2.79. The van der Waals surface area contributed by atoms with Gasteiger partial charge >= 0.3 is 0 Å². The summed E-state index contributed by atoms with van der Waals surface area (Å²) < 4.78 is 0. The molecule has 0 radical (unpaired) electrons. The van der Waals surface area contributed by atoms with Gasteiger partial charge in [0.1, 0.15) is 5.56 Å². The Morgan fingerprint density at radius 2 is 2.16 bits per heavy atom. The molecule has 1 aromatic carbocycles. The van der Waals surface area contributed by atoms with E-state index in [0.29, 0.717) is 0 Å². The number of hydrogen-bond donors (Lipinski definition) is 2. The number of halogens is 1. The van der Waals surface area contributed by atoms with E-state index < -0.39 is 16.2 Å². The summed E-state index contributed by atoms with van der Waals surface area (Å²) >= 11 is 5.74. The molecule has 104 valence electrons. The Morgan fingerprint density at radius 1 is 1.53 bits per heavy atom. The minimum atomic E-state index is -0.636. The summed E-state index contributed by atoms with van der Waals surface area (Å²) in [5.74, 6) is -0.587. The number of hydrogen-bond acceptors (Lipinski definition) is 4. The number of rotatable bonds is 5. The van der Waals surface area contributed by atoms with Crippen molar-refractivity contribution in [3.05, 3.63) is 38.9 Å². The van der Waals surface area contributed by atoms with Crippen molar-refractivity contribution in [3.8, 4) is 0 Å². The molecule has 0 unspecified atom stereocenters. The summed E-state index contributed by atoms with van der Waals surface area (Å²) in [6.45, 7) is 3.62. The second kappa shape index (κ2) is 5.99. The lowest BCUT2D eigenvalue weighted by Gasteiger charge is -2.21. The maximum atomic E-state index is 11.9. The summed E-state index contributed by atoms with van der Waals surface area (Å²) in [4.78, 5) is 22.1. The number of nitro groups is 1. The fourth-order valence-electron chi connectivity index (χ4n) is 1.32. The largest absolute Gasteiger partial charge is 0.396 e. The van der Waals surface area contributed by atoms with Crippen LogP contribution < -0.4 is 5.32 Å². The lowest BCUT2D eigenvalue weighted by atomic mass is 9.95. The first-order chi connectivity index (χ1) is 8.76. The van der Waals surface area contributed by atoms with Gasteiger partial charge in [0.2, 0.25) is 0 Å². The molecule has 0 saturated carbocycles. The second-order valence-electron chi connectivity index (χ2n) is 4.92. The summed E-state index contributed by atoms with van der Waals surface area (Å²) in [5.41, 5.74) is -0.891. The molecule has 1 amide bonds. The second-order valence-corrected chi connectivity index (χ2v) is 5.36. The first-order valence-corrected chi connectivity index (χ1v) is 5.97. The Morgan fingerprint density at radius 3 is 2.68 bits per heavy atom. The summed E-state index contributed by atoms with van der Waals surface area (Å²) in [7, 11) is 0. The quantitative estimate of drug-likeness (QED) is 0.639. The van der Waals surface area contributed by atoms with Gasteiger partial charge in [-0.2, -0.15) is 0 Å². The molecule has 0 aliphatic heterocycles. The Hall–Kier alpha value is -1.66. The van der Waals surface area contributed by atoms with Crippen LogP contribution in [-0.4, -0.2) is 29.1 Å². The monoisotopic (exact) mass is 286 g/mol. The molecular weight excluding hydrogens is 272 g/mol. The number of carbonyl (C=O) groups excluding carboxylic acids is 1. The average Bonchev–Trinajstić information content (AvgIpc) is 2.35. The Balaban J connectivity index is 2.93. The van der Waals surface area contributed by atoms with Crippen LogP contribution in [0.25, 0.3) is 0 Å². The zero-order valence-electron chi connectivity index (χ0n) is 10.6. The van der Waals surface area contributed by atoms with Crippen LogP contribution in [0.15, 0.2) is 18.2 Å². The Bertz CT molecular complexity index is 503. The fraction of sp³-hybridized carbons (Fsp3) is 0.417. The molecule has 0 aliphatic carbocycles. The minimum Gasteiger partial charge on any atom is -0.396 e.